The normalized spacial score (nSPS) is 8.86. The summed E-state index contributed by atoms with van der Waals surface area (Å²) in [5.74, 6) is 0.255. The Kier molecular flexibility index (Phi) is 6.68. The molecule has 2 nitrogen and oxygen atoms in total. The van der Waals surface area contributed by atoms with E-state index < -0.39 is 0 Å². The van der Waals surface area contributed by atoms with Gasteiger partial charge in [-0.05, 0) is 25.0 Å². The molecule has 0 heterocycles. The summed E-state index contributed by atoms with van der Waals surface area (Å²) in [4.78, 5) is 9.81. The van der Waals surface area contributed by atoms with Gasteiger partial charge in [0.25, 0.3) is 0 Å². The summed E-state index contributed by atoms with van der Waals surface area (Å²) in [6.07, 6.45) is 0.667. The first-order chi connectivity index (χ1) is 6.61. The van der Waals surface area contributed by atoms with Crippen LogP contribution in [0.3, 0.4) is 0 Å². The van der Waals surface area contributed by atoms with Crippen molar-refractivity contribution in [3.8, 4) is 0 Å². The topological polar surface area (TPSA) is 37.3 Å². The summed E-state index contributed by atoms with van der Waals surface area (Å²) in [6, 6.07) is 7.81. The molecule has 0 fully saturated rings. The van der Waals surface area contributed by atoms with Crippen LogP contribution in [-0.4, -0.2) is 10.9 Å². The smallest absolute Gasteiger partial charge is 0.129 e. The maximum Gasteiger partial charge on any atom is 0.129 e. The van der Waals surface area contributed by atoms with E-state index in [-0.39, 0.29) is 12.4 Å². The van der Waals surface area contributed by atoms with Crippen molar-refractivity contribution in [3.63, 3.8) is 0 Å². The standard InChI is InChI=1S/C8H10O.C4H8O/c1-7-4-2-3-5-8(7)6-9;1-3-4(2)5/h2-5,9H,6H2,1H3;3H2,1-2H3. The van der Waals surface area contributed by atoms with E-state index in [2.05, 4.69) is 0 Å². The van der Waals surface area contributed by atoms with E-state index in [1.807, 2.05) is 38.1 Å². The summed E-state index contributed by atoms with van der Waals surface area (Å²) >= 11 is 0. The van der Waals surface area contributed by atoms with Gasteiger partial charge in [0.2, 0.25) is 0 Å². The summed E-state index contributed by atoms with van der Waals surface area (Å²) in [5.41, 5.74) is 2.16. The summed E-state index contributed by atoms with van der Waals surface area (Å²) in [6.45, 7) is 5.57. The number of ketones is 1. The lowest BCUT2D eigenvalue weighted by Gasteiger charge is -1.97. The molecule has 1 aromatic rings. The van der Waals surface area contributed by atoms with Gasteiger partial charge in [-0.2, -0.15) is 0 Å². The lowest BCUT2D eigenvalue weighted by atomic mass is 10.1. The SMILES string of the molecule is CCC(C)=O.Cc1ccccc1CO. The number of carbonyl (C=O) groups is 1. The zero-order valence-corrected chi connectivity index (χ0v) is 9.08. The molecule has 0 amide bonds. The van der Waals surface area contributed by atoms with Gasteiger partial charge in [-0.3, -0.25) is 0 Å². The highest BCUT2D eigenvalue weighted by Crippen LogP contribution is 2.05. The van der Waals surface area contributed by atoms with Crippen LogP contribution in [0.25, 0.3) is 0 Å². The molecule has 0 atom stereocenters. The van der Waals surface area contributed by atoms with Gasteiger partial charge in [-0.25, -0.2) is 0 Å². The van der Waals surface area contributed by atoms with Crippen LogP contribution in [0.5, 0.6) is 0 Å². The van der Waals surface area contributed by atoms with Crippen molar-refractivity contribution < 1.29 is 9.90 Å². The van der Waals surface area contributed by atoms with Crippen molar-refractivity contribution in [2.45, 2.75) is 33.8 Å². The molecule has 0 aliphatic carbocycles. The number of Topliss-reactive ketones (excluding diaryl/α,β-unsaturated/α-hetero) is 1. The Labute approximate surface area is 85.6 Å². The van der Waals surface area contributed by atoms with Crippen molar-refractivity contribution in [2.24, 2.45) is 0 Å². The van der Waals surface area contributed by atoms with Crippen molar-refractivity contribution in [3.05, 3.63) is 35.4 Å². The van der Waals surface area contributed by atoms with Crippen LogP contribution in [0.4, 0.5) is 0 Å². The number of aliphatic hydroxyl groups excluding tert-OH is 1. The van der Waals surface area contributed by atoms with E-state index in [0.717, 1.165) is 11.1 Å². The highest BCUT2D eigenvalue weighted by atomic mass is 16.3. The van der Waals surface area contributed by atoms with E-state index >= 15 is 0 Å². The van der Waals surface area contributed by atoms with E-state index in [9.17, 15) is 4.79 Å². The highest BCUT2D eigenvalue weighted by molar-refractivity contribution is 5.74. The van der Waals surface area contributed by atoms with E-state index in [0.29, 0.717) is 6.42 Å². The number of aryl methyl sites for hydroxylation is 1. The second-order valence-corrected chi connectivity index (χ2v) is 3.14. The number of benzene rings is 1. The second kappa shape index (κ2) is 7.27. The van der Waals surface area contributed by atoms with Gasteiger partial charge in [0.1, 0.15) is 5.78 Å². The molecule has 0 aliphatic heterocycles. The molecule has 14 heavy (non-hydrogen) atoms. The van der Waals surface area contributed by atoms with Crippen LogP contribution >= 0.6 is 0 Å². The van der Waals surface area contributed by atoms with Crippen molar-refractivity contribution in [2.75, 3.05) is 0 Å². The minimum atomic E-state index is 0.146. The third kappa shape index (κ3) is 5.49. The third-order valence-electron chi connectivity index (χ3n) is 1.93. The minimum absolute atomic E-state index is 0.146. The van der Waals surface area contributed by atoms with Crippen LogP contribution in [0.15, 0.2) is 24.3 Å². The minimum Gasteiger partial charge on any atom is -0.392 e. The van der Waals surface area contributed by atoms with Gasteiger partial charge in [0, 0.05) is 6.42 Å². The van der Waals surface area contributed by atoms with Gasteiger partial charge < -0.3 is 9.90 Å². The number of hydrogen-bond donors (Lipinski definition) is 1. The molecule has 0 aromatic heterocycles. The predicted octanol–water partition coefficient (Wildman–Crippen LogP) is 2.47. The van der Waals surface area contributed by atoms with Crippen LogP contribution in [0.1, 0.15) is 31.4 Å². The lowest BCUT2D eigenvalue weighted by molar-refractivity contribution is -0.116. The maximum absolute atomic E-state index is 9.81. The molecular weight excluding hydrogens is 176 g/mol. The number of rotatable bonds is 2. The van der Waals surface area contributed by atoms with Crippen molar-refractivity contribution in [1.82, 2.24) is 0 Å². The number of hydrogen-bond acceptors (Lipinski definition) is 2. The quantitative estimate of drug-likeness (QED) is 0.785. The molecule has 0 radical (unpaired) electrons. The monoisotopic (exact) mass is 194 g/mol. The summed E-state index contributed by atoms with van der Waals surface area (Å²) in [7, 11) is 0. The zero-order valence-electron chi connectivity index (χ0n) is 9.08. The molecule has 1 aromatic carbocycles. The second-order valence-electron chi connectivity index (χ2n) is 3.14. The number of carbonyl (C=O) groups excluding carboxylic acids is 1. The van der Waals surface area contributed by atoms with Crippen LogP contribution < -0.4 is 0 Å². The molecule has 1 N–H and O–H groups in total. The van der Waals surface area contributed by atoms with E-state index in [1.165, 1.54) is 0 Å². The molecule has 0 bridgehead atoms. The molecule has 0 aliphatic rings. The van der Waals surface area contributed by atoms with E-state index in [1.54, 1.807) is 6.92 Å². The number of aliphatic hydroxyl groups is 1. The lowest BCUT2D eigenvalue weighted by Crippen LogP contribution is -1.85. The average molecular weight is 194 g/mol. The Balaban J connectivity index is 0.000000292. The largest absolute Gasteiger partial charge is 0.392 e. The van der Waals surface area contributed by atoms with Crippen LogP contribution in [0.2, 0.25) is 0 Å². The Morgan fingerprint density at radius 2 is 1.86 bits per heavy atom. The van der Waals surface area contributed by atoms with Gasteiger partial charge in [0.15, 0.2) is 0 Å². The fourth-order valence-corrected chi connectivity index (χ4v) is 0.787. The maximum atomic E-state index is 9.81. The zero-order chi connectivity index (χ0) is 11.0. The first kappa shape index (κ1) is 12.8. The molecule has 0 saturated carbocycles. The molecule has 78 valence electrons. The Morgan fingerprint density at radius 1 is 1.36 bits per heavy atom. The highest BCUT2D eigenvalue weighted by Gasteiger charge is 1.90. The molecule has 0 unspecified atom stereocenters. The Hall–Kier alpha value is -1.15. The summed E-state index contributed by atoms with van der Waals surface area (Å²) in [5, 5.41) is 8.72. The molecule has 0 saturated heterocycles. The van der Waals surface area contributed by atoms with Crippen LogP contribution in [0, 0.1) is 6.92 Å². The first-order valence-electron chi connectivity index (χ1n) is 4.76. The Morgan fingerprint density at radius 3 is 2.14 bits per heavy atom. The van der Waals surface area contributed by atoms with Gasteiger partial charge in [-0.15, -0.1) is 0 Å². The molecule has 2 heteroatoms. The average Bonchev–Trinajstić information content (AvgIpc) is 2.19. The third-order valence-corrected chi connectivity index (χ3v) is 1.93. The molecular formula is C12H18O2. The van der Waals surface area contributed by atoms with Crippen molar-refractivity contribution >= 4 is 5.78 Å². The van der Waals surface area contributed by atoms with Crippen LogP contribution in [-0.2, 0) is 11.4 Å². The first-order valence-corrected chi connectivity index (χ1v) is 4.76. The fraction of sp³-hybridized carbons (Fsp3) is 0.417. The fourth-order valence-electron chi connectivity index (χ4n) is 0.787. The van der Waals surface area contributed by atoms with Gasteiger partial charge >= 0.3 is 0 Å². The van der Waals surface area contributed by atoms with Crippen molar-refractivity contribution in [1.29, 1.82) is 0 Å². The Bertz CT molecular complexity index is 279. The van der Waals surface area contributed by atoms with Gasteiger partial charge in [0.05, 0.1) is 6.61 Å². The molecule has 0 spiro atoms. The van der Waals surface area contributed by atoms with E-state index in [4.69, 9.17) is 5.11 Å². The van der Waals surface area contributed by atoms with Gasteiger partial charge in [-0.1, -0.05) is 31.2 Å². The molecule has 1 rings (SSSR count). The predicted molar refractivity (Wildman–Crippen MR) is 58.1 cm³/mol. The summed E-state index contributed by atoms with van der Waals surface area (Å²) < 4.78 is 0.